The van der Waals surface area contributed by atoms with Gasteiger partial charge in [-0.05, 0) is 23.1 Å². The Morgan fingerprint density at radius 3 is 2.30 bits per heavy atom. The van der Waals surface area contributed by atoms with Crippen molar-refractivity contribution in [3.05, 3.63) is 34.3 Å². The zero-order chi connectivity index (χ0) is 20.6. The molecule has 0 fully saturated rings. The number of hydrogen-bond donors (Lipinski definition) is 3. The van der Waals surface area contributed by atoms with Crippen LogP contribution < -0.4 is 16.5 Å². The highest BCUT2D eigenvalue weighted by Gasteiger charge is 2.34. The van der Waals surface area contributed by atoms with Gasteiger partial charge in [0.1, 0.15) is 6.04 Å². The number of hydrogen-bond acceptors (Lipinski definition) is 5. The Morgan fingerprint density at radius 2 is 1.81 bits per heavy atom. The molecule has 0 spiro atoms. The molecule has 1 aromatic rings. The second-order valence-corrected chi connectivity index (χ2v) is 8.09. The monoisotopic (exact) mass is 442 g/mol. The smallest absolute Gasteiger partial charge is 0.407 e. The van der Waals surface area contributed by atoms with Crippen LogP contribution in [0.3, 0.4) is 0 Å². The quantitative estimate of drug-likeness (QED) is 0.532. The van der Waals surface area contributed by atoms with E-state index in [4.69, 9.17) is 5.73 Å². The van der Waals surface area contributed by atoms with Crippen molar-refractivity contribution in [3.8, 4) is 0 Å². The van der Waals surface area contributed by atoms with E-state index in [0.717, 1.165) is 10.0 Å². The molecule has 4 N–H and O–H groups in total. The van der Waals surface area contributed by atoms with Gasteiger partial charge in [0.15, 0.2) is 0 Å². The third-order valence-electron chi connectivity index (χ3n) is 3.76. The fraction of sp³-hybridized carbons (Fsp3) is 0.500. The van der Waals surface area contributed by atoms with Crippen LogP contribution in [0.25, 0.3) is 0 Å². The molecule has 0 heterocycles. The lowest BCUT2D eigenvalue weighted by atomic mass is 9.86. The number of nitrogens with one attached hydrogen (secondary N) is 2. The number of rotatable bonds is 8. The van der Waals surface area contributed by atoms with Crippen LogP contribution in [0.1, 0.15) is 32.8 Å². The van der Waals surface area contributed by atoms with Crippen molar-refractivity contribution in [2.45, 2.75) is 39.8 Å². The van der Waals surface area contributed by atoms with Gasteiger partial charge in [-0.15, -0.1) is 0 Å². The van der Waals surface area contributed by atoms with Crippen LogP contribution in [0.15, 0.2) is 28.7 Å². The Kier molecular flexibility index (Phi) is 8.71. The van der Waals surface area contributed by atoms with E-state index in [1.165, 1.54) is 7.11 Å². The lowest BCUT2D eigenvalue weighted by Crippen LogP contribution is -2.57. The van der Waals surface area contributed by atoms with Crippen LogP contribution in [0.5, 0.6) is 0 Å². The van der Waals surface area contributed by atoms with Crippen molar-refractivity contribution in [3.63, 3.8) is 0 Å². The highest BCUT2D eigenvalue weighted by Crippen LogP contribution is 2.20. The predicted molar refractivity (Wildman–Crippen MR) is 105 cm³/mol. The van der Waals surface area contributed by atoms with Crippen molar-refractivity contribution >= 4 is 33.8 Å². The fourth-order valence-electron chi connectivity index (χ4n) is 2.30. The molecule has 0 aliphatic carbocycles. The van der Waals surface area contributed by atoms with Crippen LogP contribution in [0.4, 0.5) is 4.79 Å². The average molecular weight is 443 g/mol. The topological polar surface area (TPSA) is 114 Å². The number of carbonyl (C=O) groups excluding carboxylic acids is 3. The first kappa shape index (κ1) is 22.9. The number of carbonyl (C=O) groups is 3. The SMILES string of the molecule is COC(=O)NC(C(=O)NN(CCC(N)=O)Cc1ccc(Br)cc1)C(C)(C)C. The van der Waals surface area contributed by atoms with E-state index in [-0.39, 0.29) is 13.0 Å². The van der Waals surface area contributed by atoms with E-state index in [9.17, 15) is 14.4 Å². The van der Waals surface area contributed by atoms with Crippen molar-refractivity contribution in [2.75, 3.05) is 13.7 Å². The van der Waals surface area contributed by atoms with Gasteiger partial charge in [0.05, 0.1) is 7.11 Å². The summed E-state index contributed by atoms with van der Waals surface area (Å²) in [6.07, 6.45) is -0.608. The van der Waals surface area contributed by atoms with Crippen LogP contribution in [0, 0.1) is 5.41 Å². The number of halogens is 1. The first-order chi connectivity index (χ1) is 12.5. The maximum absolute atomic E-state index is 12.8. The highest BCUT2D eigenvalue weighted by molar-refractivity contribution is 9.10. The zero-order valence-corrected chi connectivity index (χ0v) is 17.6. The molecule has 8 nitrogen and oxygen atoms in total. The Bertz CT molecular complexity index is 658. The van der Waals surface area contributed by atoms with Crippen LogP contribution in [0.2, 0.25) is 0 Å². The summed E-state index contributed by atoms with van der Waals surface area (Å²) in [6, 6.07) is 6.76. The summed E-state index contributed by atoms with van der Waals surface area (Å²) >= 11 is 3.38. The summed E-state index contributed by atoms with van der Waals surface area (Å²) in [5, 5.41) is 4.16. The van der Waals surface area contributed by atoms with Crippen LogP contribution in [-0.4, -0.2) is 42.6 Å². The fourth-order valence-corrected chi connectivity index (χ4v) is 2.57. The summed E-state index contributed by atoms with van der Waals surface area (Å²) in [5.41, 5.74) is 8.41. The molecule has 1 aromatic carbocycles. The van der Waals surface area contributed by atoms with Gasteiger partial charge >= 0.3 is 6.09 Å². The van der Waals surface area contributed by atoms with E-state index >= 15 is 0 Å². The molecule has 1 atom stereocenters. The van der Waals surface area contributed by atoms with Crippen molar-refractivity contribution in [1.29, 1.82) is 0 Å². The molecular formula is C18H27BrN4O4. The Morgan fingerprint density at radius 1 is 1.22 bits per heavy atom. The molecule has 0 saturated heterocycles. The number of amides is 3. The predicted octanol–water partition coefficient (Wildman–Crippen LogP) is 1.93. The maximum Gasteiger partial charge on any atom is 0.407 e. The molecule has 27 heavy (non-hydrogen) atoms. The molecule has 0 aliphatic rings. The van der Waals surface area contributed by atoms with Gasteiger partial charge in [-0.3, -0.25) is 15.0 Å². The minimum absolute atomic E-state index is 0.0847. The standard InChI is InChI=1S/C18H27BrN4O4/c1-18(2,3)15(21-17(26)27-4)16(25)22-23(10-9-14(20)24)11-12-5-7-13(19)8-6-12/h5-8,15H,9-11H2,1-4H3,(H2,20,24)(H,21,26)(H,22,25). The van der Waals surface area contributed by atoms with Gasteiger partial charge in [-0.25, -0.2) is 9.80 Å². The minimum atomic E-state index is -0.828. The molecule has 3 amide bonds. The van der Waals surface area contributed by atoms with Crippen LogP contribution in [-0.2, 0) is 20.9 Å². The molecule has 0 radical (unpaired) electrons. The van der Waals surface area contributed by atoms with Gasteiger partial charge < -0.3 is 15.8 Å². The molecule has 9 heteroatoms. The summed E-state index contributed by atoms with van der Waals surface area (Å²) in [6.45, 7) is 6.11. The molecular weight excluding hydrogens is 416 g/mol. The van der Waals surface area contributed by atoms with E-state index in [0.29, 0.717) is 6.54 Å². The van der Waals surface area contributed by atoms with Crippen molar-refractivity contribution in [2.24, 2.45) is 11.1 Å². The molecule has 1 rings (SSSR count). The summed E-state index contributed by atoms with van der Waals surface area (Å²) in [4.78, 5) is 35.6. The molecule has 0 saturated carbocycles. The van der Waals surface area contributed by atoms with Crippen molar-refractivity contribution < 1.29 is 19.1 Å². The second-order valence-electron chi connectivity index (χ2n) is 7.18. The third kappa shape index (κ3) is 8.40. The molecule has 0 aliphatic heterocycles. The number of nitrogens with zero attached hydrogens (tertiary/aromatic N) is 1. The molecule has 0 aromatic heterocycles. The van der Waals surface area contributed by atoms with E-state index in [1.807, 2.05) is 45.0 Å². The lowest BCUT2D eigenvalue weighted by Gasteiger charge is -2.32. The Hall–Kier alpha value is -2.13. The lowest BCUT2D eigenvalue weighted by molar-refractivity contribution is -0.131. The van der Waals surface area contributed by atoms with Crippen LogP contribution >= 0.6 is 15.9 Å². The number of primary amides is 1. The van der Waals surface area contributed by atoms with Crippen molar-refractivity contribution in [1.82, 2.24) is 15.8 Å². The zero-order valence-electron chi connectivity index (χ0n) is 16.0. The Balaban J connectivity index is 2.92. The Labute approximate surface area is 167 Å². The van der Waals surface area contributed by atoms with Gasteiger partial charge in [0.25, 0.3) is 5.91 Å². The normalized spacial score (nSPS) is 12.4. The van der Waals surface area contributed by atoms with E-state index in [1.54, 1.807) is 5.01 Å². The molecule has 150 valence electrons. The second kappa shape index (κ2) is 10.3. The third-order valence-corrected chi connectivity index (χ3v) is 4.29. The molecule has 0 bridgehead atoms. The van der Waals surface area contributed by atoms with E-state index in [2.05, 4.69) is 31.4 Å². The number of alkyl carbamates (subject to hydrolysis) is 1. The number of methoxy groups -OCH3 is 1. The minimum Gasteiger partial charge on any atom is -0.453 e. The summed E-state index contributed by atoms with van der Waals surface area (Å²) in [7, 11) is 1.24. The summed E-state index contributed by atoms with van der Waals surface area (Å²) < 4.78 is 5.55. The first-order valence-corrected chi connectivity index (χ1v) is 9.25. The summed E-state index contributed by atoms with van der Waals surface area (Å²) in [5.74, 6) is -0.875. The number of benzene rings is 1. The number of ether oxygens (including phenoxy) is 1. The molecule has 1 unspecified atom stereocenters. The van der Waals surface area contributed by atoms with Gasteiger partial charge in [0.2, 0.25) is 5.91 Å². The number of nitrogens with two attached hydrogens (primary N) is 1. The van der Waals surface area contributed by atoms with Gasteiger partial charge in [-0.2, -0.15) is 0 Å². The highest BCUT2D eigenvalue weighted by atomic mass is 79.9. The maximum atomic E-state index is 12.8. The first-order valence-electron chi connectivity index (χ1n) is 8.45. The van der Waals surface area contributed by atoms with Gasteiger partial charge in [0, 0.05) is 24.0 Å². The van der Waals surface area contributed by atoms with E-state index < -0.39 is 29.4 Å². The van der Waals surface area contributed by atoms with Gasteiger partial charge in [-0.1, -0.05) is 48.8 Å². The largest absolute Gasteiger partial charge is 0.453 e. The number of hydrazine groups is 1. The average Bonchev–Trinajstić information content (AvgIpc) is 2.58.